The van der Waals surface area contributed by atoms with E-state index in [2.05, 4.69) is 176 Å². The number of furan rings is 2. The molecule has 4 nitrogen and oxygen atoms in total. The second kappa shape index (κ2) is 14.5. The van der Waals surface area contributed by atoms with Crippen LogP contribution in [0, 0.1) is 0 Å². The molecule has 0 atom stereocenters. The van der Waals surface area contributed by atoms with E-state index >= 15 is 0 Å². The number of para-hydroxylation sites is 4. The van der Waals surface area contributed by atoms with Crippen LogP contribution in [0.4, 0.5) is 0 Å². The van der Waals surface area contributed by atoms with Gasteiger partial charge in [0, 0.05) is 49.4 Å². The summed E-state index contributed by atoms with van der Waals surface area (Å²) in [5.41, 5.74) is 14.3. The number of nitrogens with zero attached hydrogens (tertiary/aromatic N) is 2. The molecule has 3 heterocycles. The average Bonchev–Trinajstić information content (AvgIpc) is 3.95. The molecule has 298 valence electrons. The zero-order valence-corrected chi connectivity index (χ0v) is 34.5. The summed E-state index contributed by atoms with van der Waals surface area (Å²) in [6, 6.07) is 76.8. The van der Waals surface area contributed by atoms with Crippen molar-refractivity contribution in [3.05, 3.63) is 218 Å². The molecule has 0 bridgehead atoms. The molecule has 13 rings (SSSR count). The molecular weight excluding hydrogens is 781 g/mol. The molecule has 0 aliphatic heterocycles. The maximum absolute atomic E-state index is 6.67. The van der Waals surface area contributed by atoms with Crippen LogP contribution in [0.25, 0.3) is 133 Å². The summed E-state index contributed by atoms with van der Waals surface area (Å²) < 4.78 is 13.3. The van der Waals surface area contributed by atoms with Gasteiger partial charge in [0.05, 0.1) is 11.4 Å². The Morgan fingerprint density at radius 1 is 0.266 bits per heavy atom. The lowest BCUT2D eigenvalue weighted by molar-refractivity contribution is 0.669. The summed E-state index contributed by atoms with van der Waals surface area (Å²) in [4.78, 5) is 10.7. The monoisotopic (exact) mass is 816 g/mol. The van der Waals surface area contributed by atoms with Crippen molar-refractivity contribution in [1.82, 2.24) is 9.97 Å². The van der Waals surface area contributed by atoms with E-state index in [0.717, 1.165) is 99.8 Å². The van der Waals surface area contributed by atoms with Crippen molar-refractivity contribution in [3.63, 3.8) is 0 Å². The lowest BCUT2D eigenvalue weighted by Crippen LogP contribution is -1.98. The third-order valence-corrected chi connectivity index (χ3v) is 12.7. The first-order valence-corrected chi connectivity index (χ1v) is 21.6. The Bertz CT molecular complexity index is 3950. The van der Waals surface area contributed by atoms with Crippen LogP contribution in [0.15, 0.2) is 227 Å². The van der Waals surface area contributed by atoms with Gasteiger partial charge in [-0.3, -0.25) is 0 Å². The highest BCUT2D eigenvalue weighted by Gasteiger charge is 2.21. The molecular formula is C60H36N2O2. The average molecular weight is 817 g/mol. The topological polar surface area (TPSA) is 52.1 Å². The summed E-state index contributed by atoms with van der Waals surface area (Å²) in [6.45, 7) is 0. The number of benzene rings is 10. The minimum absolute atomic E-state index is 0.649. The second-order valence-electron chi connectivity index (χ2n) is 16.4. The zero-order chi connectivity index (χ0) is 42.1. The van der Waals surface area contributed by atoms with Crippen molar-refractivity contribution in [1.29, 1.82) is 0 Å². The number of rotatable bonds is 6. The molecule has 0 unspecified atom stereocenters. The van der Waals surface area contributed by atoms with Crippen LogP contribution in [-0.2, 0) is 0 Å². The predicted octanol–water partition coefficient (Wildman–Crippen LogP) is 16.6. The van der Waals surface area contributed by atoms with Crippen molar-refractivity contribution in [3.8, 4) is 67.3 Å². The van der Waals surface area contributed by atoms with Gasteiger partial charge in [-0.05, 0) is 74.1 Å². The Labute approximate surface area is 368 Å². The van der Waals surface area contributed by atoms with E-state index in [-0.39, 0.29) is 0 Å². The quantitative estimate of drug-likeness (QED) is 0.157. The molecule has 0 aliphatic carbocycles. The van der Waals surface area contributed by atoms with Gasteiger partial charge in [-0.1, -0.05) is 188 Å². The van der Waals surface area contributed by atoms with Crippen LogP contribution in [0.5, 0.6) is 0 Å². The molecule has 10 aromatic carbocycles. The largest absolute Gasteiger partial charge is 0.455 e. The van der Waals surface area contributed by atoms with Gasteiger partial charge in [0.2, 0.25) is 0 Å². The summed E-state index contributed by atoms with van der Waals surface area (Å²) in [7, 11) is 0. The van der Waals surface area contributed by atoms with E-state index in [0.29, 0.717) is 5.82 Å². The van der Waals surface area contributed by atoms with E-state index in [1.165, 1.54) is 27.1 Å². The van der Waals surface area contributed by atoms with Crippen molar-refractivity contribution in [2.24, 2.45) is 0 Å². The molecule has 4 heteroatoms. The Kier molecular flexibility index (Phi) is 8.18. The third kappa shape index (κ3) is 5.84. The molecule has 0 saturated carbocycles. The SMILES string of the molecule is c1ccc(-c2nc(-c3ccc(-c4cc5ccccc5c5ccccc45)cc3)cc(-c3cc(-c4cccc5c4oc4ccccc45)ccc3-c3cccc4c3oc3ccccc34)n2)cc1. The van der Waals surface area contributed by atoms with Gasteiger partial charge in [0.1, 0.15) is 22.3 Å². The normalized spacial score (nSPS) is 11.8. The fourth-order valence-electron chi connectivity index (χ4n) is 9.66. The van der Waals surface area contributed by atoms with E-state index in [1.54, 1.807) is 0 Å². The molecule has 0 spiro atoms. The highest BCUT2D eigenvalue weighted by Crippen LogP contribution is 2.44. The lowest BCUT2D eigenvalue weighted by Gasteiger charge is -2.16. The molecule has 0 saturated heterocycles. The molecule has 0 radical (unpaired) electrons. The number of aromatic nitrogens is 2. The smallest absolute Gasteiger partial charge is 0.160 e. The van der Waals surface area contributed by atoms with Gasteiger partial charge in [-0.25, -0.2) is 9.97 Å². The van der Waals surface area contributed by atoms with E-state index in [1.807, 2.05) is 42.5 Å². The Morgan fingerprint density at radius 3 is 1.55 bits per heavy atom. The van der Waals surface area contributed by atoms with Gasteiger partial charge >= 0.3 is 0 Å². The van der Waals surface area contributed by atoms with Crippen LogP contribution in [-0.4, -0.2) is 9.97 Å². The maximum Gasteiger partial charge on any atom is 0.160 e. The van der Waals surface area contributed by atoms with E-state index in [4.69, 9.17) is 18.8 Å². The fourth-order valence-corrected chi connectivity index (χ4v) is 9.66. The first-order valence-electron chi connectivity index (χ1n) is 21.6. The molecule has 3 aromatic heterocycles. The maximum atomic E-state index is 6.67. The summed E-state index contributed by atoms with van der Waals surface area (Å²) in [6.07, 6.45) is 0. The van der Waals surface area contributed by atoms with Crippen molar-refractivity contribution < 1.29 is 8.83 Å². The Balaban J connectivity index is 1.03. The molecule has 0 amide bonds. The lowest BCUT2D eigenvalue weighted by atomic mass is 9.91. The van der Waals surface area contributed by atoms with E-state index < -0.39 is 0 Å². The standard InChI is InChI=1S/C60H36N2O2/c1-2-14-39(15-3-1)60-61-54(38-30-28-37(29-31-38)52-34-40-16-4-5-17-42(40)44-18-6-7-19-45(44)52)36-55(62-60)53-35-41(43-22-12-24-50-47-20-8-10-26-56(47)63-58(43)50)32-33-46(53)49-23-13-25-51-48-21-9-11-27-57(48)64-59(49)51/h1-36H. The van der Waals surface area contributed by atoms with Crippen LogP contribution >= 0.6 is 0 Å². The zero-order valence-electron chi connectivity index (χ0n) is 34.5. The van der Waals surface area contributed by atoms with Crippen molar-refractivity contribution in [2.45, 2.75) is 0 Å². The summed E-state index contributed by atoms with van der Waals surface area (Å²) in [5, 5.41) is 9.31. The van der Waals surface area contributed by atoms with Gasteiger partial charge < -0.3 is 8.83 Å². The number of hydrogen-bond donors (Lipinski definition) is 0. The fraction of sp³-hybridized carbons (Fsp3) is 0. The first kappa shape index (κ1) is 36.1. The van der Waals surface area contributed by atoms with Gasteiger partial charge in [-0.15, -0.1) is 0 Å². The van der Waals surface area contributed by atoms with Crippen LogP contribution in [0.3, 0.4) is 0 Å². The third-order valence-electron chi connectivity index (χ3n) is 12.7. The van der Waals surface area contributed by atoms with Crippen LogP contribution in [0.2, 0.25) is 0 Å². The Morgan fingerprint density at radius 2 is 0.812 bits per heavy atom. The Hall–Kier alpha value is -8.60. The minimum atomic E-state index is 0.649. The molecule has 64 heavy (non-hydrogen) atoms. The van der Waals surface area contributed by atoms with Crippen LogP contribution < -0.4 is 0 Å². The minimum Gasteiger partial charge on any atom is -0.455 e. The second-order valence-corrected chi connectivity index (χ2v) is 16.4. The first-order chi connectivity index (χ1) is 31.7. The highest BCUT2D eigenvalue weighted by atomic mass is 16.3. The van der Waals surface area contributed by atoms with Gasteiger partial charge in [0.15, 0.2) is 5.82 Å². The summed E-state index contributed by atoms with van der Waals surface area (Å²) in [5.74, 6) is 0.649. The predicted molar refractivity (Wildman–Crippen MR) is 264 cm³/mol. The van der Waals surface area contributed by atoms with Gasteiger partial charge in [-0.2, -0.15) is 0 Å². The summed E-state index contributed by atoms with van der Waals surface area (Å²) >= 11 is 0. The van der Waals surface area contributed by atoms with Crippen molar-refractivity contribution >= 4 is 65.4 Å². The van der Waals surface area contributed by atoms with Crippen molar-refractivity contribution in [2.75, 3.05) is 0 Å². The van der Waals surface area contributed by atoms with Gasteiger partial charge in [0.25, 0.3) is 0 Å². The van der Waals surface area contributed by atoms with Crippen LogP contribution in [0.1, 0.15) is 0 Å². The molecule has 0 N–H and O–H groups in total. The number of fused-ring (bicyclic) bond motifs is 9. The highest BCUT2D eigenvalue weighted by molar-refractivity contribution is 6.14. The molecule has 0 fully saturated rings. The number of hydrogen-bond acceptors (Lipinski definition) is 4. The molecule has 13 aromatic rings. The molecule has 0 aliphatic rings. The van der Waals surface area contributed by atoms with E-state index in [9.17, 15) is 0 Å².